The summed E-state index contributed by atoms with van der Waals surface area (Å²) in [6.45, 7) is 10.4. The van der Waals surface area contributed by atoms with Crippen LogP contribution < -0.4 is 4.74 Å². The monoisotopic (exact) mass is 370 g/mol. The van der Waals surface area contributed by atoms with E-state index in [2.05, 4.69) is 58.0 Å². The van der Waals surface area contributed by atoms with Gasteiger partial charge in [-0.3, -0.25) is 0 Å². The van der Waals surface area contributed by atoms with Crippen molar-refractivity contribution < 1.29 is 14.2 Å². The van der Waals surface area contributed by atoms with E-state index in [4.69, 9.17) is 14.2 Å². The van der Waals surface area contributed by atoms with Crippen molar-refractivity contribution in [3.8, 4) is 5.75 Å². The van der Waals surface area contributed by atoms with E-state index in [1.165, 1.54) is 5.56 Å². The summed E-state index contributed by atoms with van der Waals surface area (Å²) in [6.07, 6.45) is 3.96. The van der Waals surface area contributed by atoms with E-state index in [1.807, 2.05) is 12.1 Å². The maximum atomic E-state index is 6.13. The van der Waals surface area contributed by atoms with Gasteiger partial charge in [0.05, 0.1) is 13.2 Å². The van der Waals surface area contributed by atoms with Crippen molar-refractivity contribution in [2.24, 2.45) is 0 Å². The van der Waals surface area contributed by atoms with E-state index in [9.17, 15) is 0 Å². The molecule has 3 heteroatoms. The van der Waals surface area contributed by atoms with Gasteiger partial charge in [0.1, 0.15) is 12.4 Å². The molecule has 0 aliphatic heterocycles. The summed E-state index contributed by atoms with van der Waals surface area (Å²) in [6, 6.07) is 14.6. The Bertz CT molecular complexity index is 671. The number of benzene rings is 2. The van der Waals surface area contributed by atoms with Crippen molar-refractivity contribution in [1.82, 2.24) is 0 Å². The van der Waals surface area contributed by atoms with Gasteiger partial charge in [-0.15, -0.1) is 0 Å². The highest BCUT2D eigenvalue weighted by Gasteiger charge is 2.17. The molecule has 0 aliphatic rings. The minimum Gasteiger partial charge on any atom is -0.489 e. The third-order valence-corrected chi connectivity index (χ3v) is 4.57. The minimum absolute atomic E-state index is 0.332. The third kappa shape index (κ3) is 7.00. The predicted octanol–water partition coefficient (Wildman–Crippen LogP) is 6.51. The quantitative estimate of drug-likeness (QED) is 0.315. The summed E-state index contributed by atoms with van der Waals surface area (Å²) in [5.74, 6) is 0.931. The number of rotatable bonds is 12. The molecule has 0 N–H and O–H groups in total. The summed E-state index contributed by atoms with van der Waals surface area (Å²) in [5, 5.41) is 0. The molecule has 0 fully saturated rings. The highest BCUT2D eigenvalue weighted by molar-refractivity contribution is 5.36. The van der Waals surface area contributed by atoms with Crippen molar-refractivity contribution in [2.75, 3.05) is 13.2 Å². The van der Waals surface area contributed by atoms with Gasteiger partial charge >= 0.3 is 0 Å². The highest BCUT2D eigenvalue weighted by Crippen LogP contribution is 2.26. The fourth-order valence-corrected chi connectivity index (χ4v) is 2.81. The lowest BCUT2D eigenvalue weighted by atomic mass is 10.1. The van der Waals surface area contributed by atoms with E-state index in [1.54, 1.807) is 0 Å². The maximum absolute atomic E-state index is 6.13. The van der Waals surface area contributed by atoms with E-state index in [-0.39, 0.29) is 6.29 Å². The first-order chi connectivity index (χ1) is 13.2. The second kappa shape index (κ2) is 11.8. The number of hydrogen-bond acceptors (Lipinski definition) is 3. The predicted molar refractivity (Wildman–Crippen MR) is 111 cm³/mol. The molecule has 0 saturated carbocycles. The van der Waals surface area contributed by atoms with Crippen LogP contribution >= 0.6 is 0 Å². The Labute approximate surface area is 164 Å². The summed E-state index contributed by atoms with van der Waals surface area (Å²) in [4.78, 5) is 0. The molecule has 2 aromatic rings. The Hall–Kier alpha value is -1.84. The molecular formula is C24H34O3. The second-order valence-corrected chi connectivity index (χ2v) is 7.04. The Morgan fingerprint density at radius 2 is 1.52 bits per heavy atom. The average molecular weight is 371 g/mol. The summed E-state index contributed by atoms with van der Waals surface area (Å²) >= 11 is 0. The van der Waals surface area contributed by atoms with Gasteiger partial charge < -0.3 is 14.2 Å². The van der Waals surface area contributed by atoms with E-state index < -0.39 is 0 Å². The lowest BCUT2D eigenvalue weighted by Crippen LogP contribution is -2.14. The maximum Gasteiger partial charge on any atom is 0.184 e. The van der Waals surface area contributed by atoms with Gasteiger partial charge in [-0.2, -0.15) is 0 Å². The topological polar surface area (TPSA) is 27.7 Å². The van der Waals surface area contributed by atoms with Crippen LogP contribution in [0.4, 0.5) is 0 Å². The first kappa shape index (κ1) is 21.5. The molecule has 0 aliphatic carbocycles. The summed E-state index contributed by atoms with van der Waals surface area (Å²) < 4.78 is 18.3. The molecule has 0 spiro atoms. The number of ether oxygens (including phenoxy) is 3. The molecule has 0 unspecified atom stereocenters. The van der Waals surface area contributed by atoms with Crippen LogP contribution in [0.1, 0.15) is 68.1 Å². The average Bonchev–Trinajstić information content (AvgIpc) is 2.68. The van der Waals surface area contributed by atoms with Crippen LogP contribution in [0.2, 0.25) is 0 Å². The van der Waals surface area contributed by atoms with Crippen molar-refractivity contribution in [3.05, 3.63) is 64.7 Å². The SMILES string of the molecule is CCCCOC(OCCCC)c1ccccc1COc1cc(C)ccc1C. The van der Waals surface area contributed by atoms with Crippen LogP contribution in [-0.2, 0) is 16.1 Å². The van der Waals surface area contributed by atoms with Crippen molar-refractivity contribution >= 4 is 0 Å². The smallest absolute Gasteiger partial charge is 0.184 e. The van der Waals surface area contributed by atoms with Crippen LogP contribution in [-0.4, -0.2) is 13.2 Å². The Morgan fingerprint density at radius 3 is 2.19 bits per heavy atom. The summed E-state index contributed by atoms with van der Waals surface area (Å²) in [5.41, 5.74) is 4.52. The van der Waals surface area contributed by atoms with Crippen molar-refractivity contribution in [2.45, 2.75) is 66.3 Å². The molecule has 0 amide bonds. The van der Waals surface area contributed by atoms with Gasteiger partial charge in [0, 0.05) is 5.56 Å². The van der Waals surface area contributed by atoms with E-state index in [0.717, 1.165) is 48.1 Å². The van der Waals surface area contributed by atoms with Gasteiger partial charge in [0.15, 0.2) is 6.29 Å². The Balaban J connectivity index is 2.13. The molecule has 148 valence electrons. The standard InChI is InChI=1S/C24H34O3/c1-5-7-15-25-24(26-16-8-6-2)22-12-10-9-11-21(22)18-27-23-17-19(3)13-14-20(23)4/h9-14,17,24H,5-8,15-16,18H2,1-4H3. The number of aryl methyl sites for hydroxylation is 2. The lowest BCUT2D eigenvalue weighted by molar-refractivity contribution is -0.148. The number of unbranched alkanes of at least 4 members (excludes halogenated alkanes) is 2. The zero-order valence-electron chi connectivity index (χ0n) is 17.3. The minimum atomic E-state index is -0.332. The van der Waals surface area contributed by atoms with Gasteiger partial charge in [0.25, 0.3) is 0 Å². The van der Waals surface area contributed by atoms with Crippen LogP contribution in [0.25, 0.3) is 0 Å². The van der Waals surface area contributed by atoms with Gasteiger partial charge in [-0.05, 0) is 49.4 Å². The van der Waals surface area contributed by atoms with Crippen LogP contribution in [0.15, 0.2) is 42.5 Å². The van der Waals surface area contributed by atoms with Gasteiger partial charge in [-0.1, -0.05) is 63.1 Å². The lowest BCUT2D eigenvalue weighted by Gasteiger charge is -2.22. The number of hydrogen-bond donors (Lipinski definition) is 0. The zero-order chi connectivity index (χ0) is 19.5. The fraction of sp³-hybridized carbons (Fsp3) is 0.500. The molecule has 0 saturated heterocycles. The first-order valence-corrected chi connectivity index (χ1v) is 10.2. The third-order valence-electron chi connectivity index (χ3n) is 4.57. The fourth-order valence-electron chi connectivity index (χ4n) is 2.81. The molecule has 2 rings (SSSR count). The molecule has 0 heterocycles. The first-order valence-electron chi connectivity index (χ1n) is 10.2. The van der Waals surface area contributed by atoms with Crippen LogP contribution in [0.3, 0.4) is 0 Å². The molecule has 0 bridgehead atoms. The van der Waals surface area contributed by atoms with E-state index in [0.29, 0.717) is 19.8 Å². The van der Waals surface area contributed by atoms with E-state index >= 15 is 0 Å². The Kier molecular flexibility index (Phi) is 9.37. The second-order valence-electron chi connectivity index (χ2n) is 7.04. The summed E-state index contributed by atoms with van der Waals surface area (Å²) in [7, 11) is 0. The zero-order valence-corrected chi connectivity index (χ0v) is 17.3. The van der Waals surface area contributed by atoms with Crippen LogP contribution in [0.5, 0.6) is 5.75 Å². The molecule has 27 heavy (non-hydrogen) atoms. The highest BCUT2D eigenvalue weighted by atomic mass is 16.7. The van der Waals surface area contributed by atoms with Crippen LogP contribution in [0, 0.1) is 13.8 Å². The molecule has 3 nitrogen and oxygen atoms in total. The molecule has 0 aromatic heterocycles. The van der Waals surface area contributed by atoms with Crippen molar-refractivity contribution in [1.29, 1.82) is 0 Å². The normalized spacial score (nSPS) is 11.1. The largest absolute Gasteiger partial charge is 0.489 e. The molecule has 0 radical (unpaired) electrons. The molecule has 0 atom stereocenters. The molecular weight excluding hydrogens is 336 g/mol. The van der Waals surface area contributed by atoms with Crippen molar-refractivity contribution in [3.63, 3.8) is 0 Å². The Morgan fingerprint density at radius 1 is 0.852 bits per heavy atom. The van der Waals surface area contributed by atoms with Gasteiger partial charge in [0.2, 0.25) is 0 Å². The molecule has 2 aromatic carbocycles. The van der Waals surface area contributed by atoms with Gasteiger partial charge in [-0.25, -0.2) is 0 Å².